The van der Waals surface area contributed by atoms with E-state index >= 15 is 0 Å². The van der Waals surface area contributed by atoms with Crippen LogP contribution in [0, 0.1) is 11.9 Å². The van der Waals surface area contributed by atoms with Crippen LogP contribution in [0.2, 0.25) is 0 Å². The number of carboxylic acid groups (broad SMARTS) is 1. The zero-order valence-corrected chi connectivity index (χ0v) is 9.47. The Morgan fingerprint density at radius 3 is 2.76 bits per heavy atom. The molecule has 0 amide bonds. The maximum Gasteiger partial charge on any atom is 0.303 e. The molecule has 4 nitrogen and oxygen atoms in total. The highest BCUT2D eigenvalue weighted by Crippen LogP contribution is 2.23. The summed E-state index contributed by atoms with van der Waals surface area (Å²) in [4.78, 5) is 16.4. The van der Waals surface area contributed by atoms with Crippen molar-refractivity contribution in [1.82, 2.24) is 4.98 Å². The highest BCUT2D eigenvalue weighted by molar-refractivity contribution is 5.67. The quantitative estimate of drug-likeness (QED) is 0.817. The molecule has 92 valence electrons. The van der Waals surface area contributed by atoms with Gasteiger partial charge in [0.25, 0.3) is 0 Å². The van der Waals surface area contributed by atoms with Crippen LogP contribution >= 0.6 is 0 Å². The molecule has 1 aromatic rings. The number of anilines is 1. The van der Waals surface area contributed by atoms with Crippen LogP contribution in [0.4, 0.5) is 10.2 Å². The van der Waals surface area contributed by atoms with E-state index in [4.69, 9.17) is 5.11 Å². The van der Waals surface area contributed by atoms with Gasteiger partial charge >= 0.3 is 5.97 Å². The van der Waals surface area contributed by atoms with E-state index in [9.17, 15) is 9.18 Å². The molecule has 0 radical (unpaired) electrons. The number of nitrogens with zero attached hydrogens (tertiary/aromatic N) is 2. The fraction of sp³-hybridized carbons (Fsp3) is 0.500. The van der Waals surface area contributed by atoms with Gasteiger partial charge in [-0.1, -0.05) is 6.07 Å². The zero-order chi connectivity index (χ0) is 12.3. The average molecular weight is 238 g/mol. The van der Waals surface area contributed by atoms with Gasteiger partial charge in [-0.2, -0.15) is 4.39 Å². The molecule has 5 heteroatoms. The van der Waals surface area contributed by atoms with Crippen LogP contribution in [0.25, 0.3) is 0 Å². The first-order valence-corrected chi connectivity index (χ1v) is 5.74. The van der Waals surface area contributed by atoms with Gasteiger partial charge in [0.05, 0.1) is 0 Å². The van der Waals surface area contributed by atoms with E-state index in [-0.39, 0.29) is 12.3 Å². The molecule has 1 fully saturated rings. The van der Waals surface area contributed by atoms with Crippen molar-refractivity contribution >= 4 is 11.8 Å². The molecule has 0 atom stereocenters. The van der Waals surface area contributed by atoms with Gasteiger partial charge in [0.2, 0.25) is 5.95 Å². The lowest BCUT2D eigenvalue weighted by Gasteiger charge is -2.32. The molecule has 0 aromatic carbocycles. The highest BCUT2D eigenvalue weighted by atomic mass is 19.1. The second-order valence-corrected chi connectivity index (χ2v) is 4.35. The van der Waals surface area contributed by atoms with Crippen LogP contribution in [-0.2, 0) is 4.79 Å². The molecule has 0 bridgehead atoms. The third kappa shape index (κ3) is 3.15. The van der Waals surface area contributed by atoms with E-state index in [1.54, 1.807) is 12.1 Å². The summed E-state index contributed by atoms with van der Waals surface area (Å²) in [7, 11) is 0. The Morgan fingerprint density at radius 1 is 1.47 bits per heavy atom. The highest BCUT2D eigenvalue weighted by Gasteiger charge is 2.22. The van der Waals surface area contributed by atoms with Crippen molar-refractivity contribution in [3.05, 3.63) is 24.1 Å². The third-order valence-electron chi connectivity index (χ3n) is 3.10. The Morgan fingerprint density at radius 2 is 2.18 bits per heavy atom. The topological polar surface area (TPSA) is 53.4 Å². The van der Waals surface area contributed by atoms with Crippen LogP contribution in [0.5, 0.6) is 0 Å². The van der Waals surface area contributed by atoms with Crippen molar-refractivity contribution in [2.75, 3.05) is 18.0 Å². The number of aliphatic carboxylic acids is 1. The largest absolute Gasteiger partial charge is 0.481 e. The van der Waals surface area contributed by atoms with Crippen LogP contribution < -0.4 is 4.90 Å². The predicted octanol–water partition coefficient (Wildman–Crippen LogP) is 1.91. The summed E-state index contributed by atoms with van der Waals surface area (Å²) in [6.45, 7) is 1.49. The summed E-state index contributed by atoms with van der Waals surface area (Å²) in [6.07, 6.45) is 1.87. The van der Waals surface area contributed by atoms with Gasteiger partial charge in [0, 0.05) is 19.5 Å². The summed E-state index contributed by atoms with van der Waals surface area (Å²) >= 11 is 0. The maximum atomic E-state index is 13.0. The number of rotatable bonds is 3. The first-order chi connectivity index (χ1) is 8.15. The molecule has 1 saturated heterocycles. The Labute approximate surface area is 99.1 Å². The van der Waals surface area contributed by atoms with Gasteiger partial charge in [-0.05, 0) is 30.9 Å². The second-order valence-electron chi connectivity index (χ2n) is 4.35. The van der Waals surface area contributed by atoms with Gasteiger partial charge in [0.1, 0.15) is 5.82 Å². The lowest BCUT2D eigenvalue weighted by atomic mass is 9.94. The van der Waals surface area contributed by atoms with Crippen LogP contribution in [-0.4, -0.2) is 29.1 Å². The predicted molar refractivity (Wildman–Crippen MR) is 61.4 cm³/mol. The molecule has 17 heavy (non-hydrogen) atoms. The molecule has 1 N–H and O–H groups in total. The molecule has 0 aliphatic carbocycles. The molecule has 1 aliphatic heterocycles. The summed E-state index contributed by atoms with van der Waals surface area (Å²) in [6, 6.07) is 4.74. The number of piperidine rings is 1. The molecule has 0 saturated carbocycles. The van der Waals surface area contributed by atoms with Gasteiger partial charge in [0.15, 0.2) is 0 Å². The molecule has 0 unspecified atom stereocenters. The lowest BCUT2D eigenvalue weighted by Crippen LogP contribution is -2.34. The SMILES string of the molecule is O=C(O)CC1CCN(c2cccc(F)n2)CC1. The van der Waals surface area contributed by atoms with Crippen molar-refractivity contribution in [3.63, 3.8) is 0 Å². The van der Waals surface area contributed by atoms with E-state index in [0.29, 0.717) is 5.82 Å². The number of hydrogen-bond donors (Lipinski definition) is 1. The van der Waals surface area contributed by atoms with Crippen molar-refractivity contribution in [1.29, 1.82) is 0 Å². The first kappa shape index (κ1) is 11.8. The Kier molecular flexibility index (Phi) is 3.56. The normalized spacial score (nSPS) is 17.1. The van der Waals surface area contributed by atoms with Gasteiger partial charge in [-0.25, -0.2) is 4.98 Å². The summed E-state index contributed by atoms with van der Waals surface area (Å²) in [5, 5.41) is 8.71. The number of carbonyl (C=O) groups is 1. The van der Waals surface area contributed by atoms with E-state index in [2.05, 4.69) is 4.98 Å². The lowest BCUT2D eigenvalue weighted by molar-refractivity contribution is -0.138. The van der Waals surface area contributed by atoms with Gasteiger partial charge < -0.3 is 10.0 Å². The number of hydrogen-bond acceptors (Lipinski definition) is 3. The Bertz CT molecular complexity index is 403. The minimum absolute atomic E-state index is 0.227. The molecule has 1 aliphatic rings. The minimum Gasteiger partial charge on any atom is -0.481 e. The summed E-state index contributed by atoms with van der Waals surface area (Å²) in [5.74, 6) is -0.349. The molecule has 0 spiro atoms. The van der Waals surface area contributed by atoms with E-state index < -0.39 is 11.9 Å². The number of carboxylic acids is 1. The van der Waals surface area contributed by atoms with Crippen LogP contribution in [0.3, 0.4) is 0 Å². The second kappa shape index (κ2) is 5.12. The average Bonchev–Trinajstić information content (AvgIpc) is 2.29. The summed E-state index contributed by atoms with van der Waals surface area (Å²) < 4.78 is 13.0. The van der Waals surface area contributed by atoms with Crippen molar-refractivity contribution < 1.29 is 14.3 Å². The van der Waals surface area contributed by atoms with Crippen molar-refractivity contribution in [2.24, 2.45) is 5.92 Å². The molecule has 1 aromatic heterocycles. The van der Waals surface area contributed by atoms with E-state index in [1.807, 2.05) is 4.90 Å². The molecular formula is C12H15FN2O2. The third-order valence-corrected chi connectivity index (χ3v) is 3.10. The number of pyridine rings is 1. The molecular weight excluding hydrogens is 223 g/mol. The number of halogens is 1. The van der Waals surface area contributed by atoms with Gasteiger partial charge in [-0.3, -0.25) is 4.79 Å². The number of aromatic nitrogens is 1. The van der Waals surface area contributed by atoms with E-state index in [0.717, 1.165) is 25.9 Å². The van der Waals surface area contributed by atoms with Crippen molar-refractivity contribution in [3.8, 4) is 0 Å². The molecule has 2 heterocycles. The van der Waals surface area contributed by atoms with E-state index in [1.165, 1.54) is 6.07 Å². The summed E-state index contributed by atoms with van der Waals surface area (Å²) in [5.41, 5.74) is 0. The first-order valence-electron chi connectivity index (χ1n) is 5.74. The Hall–Kier alpha value is -1.65. The minimum atomic E-state index is -0.743. The maximum absolute atomic E-state index is 13.0. The Balaban J connectivity index is 1.93. The van der Waals surface area contributed by atoms with Crippen LogP contribution in [0.15, 0.2) is 18.2 Å². The standard InChI is InChI=1S/C12H15FN2O2/c13-10-2-1-3-11(14-10)15-6-4-9(5-7-15)8-12(16)17/h1-3,9H,4-8H2,(H,16,17). The van der Waals surface area contributed by atoms with Crippen molar-refractivity contribution in [2.45, 2.75) is 19.3 Å². The van der Waals surface area contributed by atoms with Gasteiger partial charge in [-0.15, -0.1) is 0 Å². The molecule has 2 rings (SSSR count). The smallest absolute Gasteiger partial charge is 0.303 e. The van der Waals surface area contributed by atoms with Crippen LogP contribution in [0.1, 0.15) is 19.3 Å². The fourth-order valence-electron chi connectivity index (χ4n) is 2.19. The zero-order valence-electron chi connectivity index (χ0n) is 9.47. The monoisotopic (exact) mass is 238 g/mol. The fourth-order valence-corrected chi connectivity index (χ4v) is 2.19.